The van der Waals surface area contributed by atoms with Gasteiger partial charge in [0.1, 0.15) is 5.82 Å². The number of ether oxygens (including phenoxy) is 2. The molecule has 1 heterocycles. The number of benzene rings is 2. The standard InChI is InChI=1S/C17H17FN2O3/c1-11(13-4-2-3-5-14(13)18)20-17(21)19-9-12-6-7-15-16(8-12)23-10-22-15/h2-8,11H,9-10H2,1H3,(H2,19,20,21). The highest BCUT2D eigenvalue weighted by atomic mass is 19.1. The number of nitrogens with one attached hydrogen (secondary N) is 2. The SMILES string of the molecule is CC(NC(=O)NCc1ccc2c(c1)OCO2)c1ccccc1F. The molecule has 0 aromatic heterocycles. The second-order valence-electron chi connectivity index (χ2n) is 5.26. The zero-order chi connectivity index (χ0) is 16.2. The highest BCUT2D eigenvalue weighted by Gasteiger charge is 2.15. The van der Waals surface area contributed by atoms with Gasteiger partial charge in [-0.3, -0.25) is 0 Å². The average Bonchev–Trinajstić information content (AvgIpc) is 3.01. The smallest absolute Gasteiger partial charge is 0.315 e. The number of hydrogen-bond acceptors (Lipinski definition) is 3. The van der Waals surface area contributed by atoms with E-state index in [4.69, 9.17) is 9.47 Å². The molecule has 6 heteroatoms. The molecule has 2 N–H and O–H groups in total. The molecule has 1 aliphatic heterocycles. The fraction of sp³-hybridized carbons (Fsp3) is 0.235. The molecule has 2 aromatic rings. The first kappa shape index (κ1) is 15.1. The summed E-state index contributed by atoms with van der Waals surface area (Å²) in [5.41, 5.74) is 1.34. The van der Waals surface area contributed by atoms with E-state index >= 15 is 0 Å². The Morgan fingerprint density at radius 3 is 2.83 bits per heavy atom. The number of halogens is 1. The monoisotopic (exact) mass is 316 g/mol. The molecule has 0 fully saturated rings. The van der Waals surface area contributed by atoms with Crippen LogP contribution < -0.4 is 20.1 Å². The van der Waals surface area contributed by atoms with Crippen molar-refractivity contribution in [3.63, 3.8) is 0 Å². The van der Waals surface area contributed by atoms with E-state index in [1.54, 1.807) is 31.2 Å². The molecule has 1 unspecified atom stereocenters. The van der Waals surface area contributed by atoms with Crippen molar-refractivity contribution >= 4 is 6.03 Å². The van der Waals surface area contributed by atoms with E-state index in [2.05, 4.69) is 10.6 Å². The lowest BCUT2D eigenvalue weighted by Crippen LogP contribution is -2.36. The van der Waals surface area contributed by atoms with Crippen LogP contribution in [-0.4, -0.2) is 12.8 Å². The maximum absolute atomic E-state index is 13.7. The predicted molar refractivity (Wildman–Crippen MR) is 82.8 cm³/mol. The molecule has 1 atom stereocenters. The third-order valence-corrected chi connectivity index (χ3v) is 3.61. The Morgan fingerprint density at radius 1 is 1.22 bits per heavy atom. The second-order valence-corrected chi connectivity index (χ2v) is 5.26. The van der Waals surface area contributed by atoms with E-state index in [0.29, 0.717) is 23.6 Å². The highest BCUT2D eigenvalue weighted by molar-refractivity contribution is 5.74. The van der Waals surface area contributed by atoms with Crippen LogP contribution in [0.15, 0.2) is 42.5 Å². The van der Waals surface area contributed by atoms with E-state index < -0.39 is 6.04 Å². The summed E-state index contributed by atoms with van der Waals surface area (Å²) in [6.45, 7) is 2.29. The largest absolute Gasteiger partial charge is 0.454 e. The molecule has 0 radical (unpaired) electrons. The van der Waals surface area contributed by atoms with Crippen LogP contribution in [0.4, 0.5) is 9.18 Å². The average molecular weight is 316 g/mol. The lowest BCUT2D eigenvalue weighted by atomic mass is 10.1. The molecular weight excluding hydrogens is 299 g/mol. The minimum atomic E-state index is -0.423. The molecule has 2 aromatic carbocycles. The molecule has 1 aliphatic rings. The van der Waals surface area contributed by atoms with Gasteiger partial charge >= 0.3 is 6.03 Å². The summed E-state index contributed by atoms with van der Waals surface area (Å²) < 4.78 is 24.2. The van der Waals surface area contributed by atoms with Crippen molar-refractivity contribution in [3.8, 4) is 11.5 Å². The van der Waals surface area contributed by atoms with Crippen LogP contribution in [0.5, 0.6) is 11.5 Å². The van der Waals surface area contributed by atoms with Gasteiger partial charge in [-0.1, -0.05) is 24.3 Å². The minimum Gasteiger partial charge on any atom is -0.454 e. The van der Waals surface area contributed by atoms with Crippen LogP contribution in [0.3, 0.4) is 0 Å². The molecular formula is C17H17FN2O3. The quantitative estimate of drug-likeness (QED) is 0.911. The lowest BCUT2D eigenvalue weighted by Gasteiger charge is -2.15. The Labute approximate surface area is 133 Å². The summed E-state index contributed by atoms with van der Waals surface area (Å²) in [5.74, 6) is 1.03. The molecule has 23 heavy (non-hydrogen) atoms. The molecule has 0 bridgehead atoms. The molecule has 120 valence electrons. The van der Waals surface area contributed by atoms with Crippen LogP contribution in [0.25, 0.3) is 0 Å². The van der Waals surface area contributed by atoms with E-state index in [1.165, 1.54) is 6.07 Å². The Kier molecular flexibility index (Phi) is 4.32. The van der Waals surface area contributed by atoms with Crippen molar-refractivity contribution in [2.24, 2.45) is 0 Å². The van der Waals surface area contributed by atoms with Gasteiger partial charge in [0.25, 0.3) is 0 Å². The van der Waals surface area contributed by atoms with Crippen LogP contribution in [-0.2, 0) is 6.54 Å². The summed E-state index contributed by atoms with van der Waals surface area (Å²) in [7, 11) is 0. The van der Waals surface area contributed by atoms with Crippen molar-refractivity contribution < 1.29 is 18.7 Å². The van der Waals surface area contributed by atoms with E-state index in [0.717, 1.165) is 5.56 Å². The Bertz CT molecular complexity index is 721. The van der Waals surface area contributed by atoms with Gasteiger partial charge in [0.15, 0.2) is 11.5 Å². The molecule has 0 spiro atoms. The van der Waals surface area contributed by atoms with E-state index in [9.17, 15) is 9.18 Å². The fourth-order valence-electron chi connectivity index (χ4n) is 2.38. The number of fused-ring (bicyclic) bond motifs is 1. The third-order valence-electron chi connectivity index (χ3n) is 3.61. The zero-order valence-electron chi connectivity index (χ0n) is 12.6. The first-order valence-electron chi connectivity index (χ1n) is 7.31. The fourth-order valence-corrected chi connectivity index (χ4v) is 2.38. The van der Waals surface area contributed by atoms with Crippen molar-refractivity contribution in [1.82, 2.24) is 10.6 Å². The van der Waals surface area contributed by atoms with Crippen molar-refractivity contribution in [2.75, 3.05) is 6.79 Å². The zero-order valence-corrected chi connectivity index (χ0v) is 12.6. The van der Waals surface area contributed by atoms with Crippen molar-refractivity contribution in [2.45, 2.75) is 19.5 Å². The predicted octanol–water partition coefficient (Wildman–Crippen LogP) is 3.11. The second kappa shape index (κ2) is 6.56. The first-order valence-corrected chi connectivity index (χ1v) is 7.31. The van der Waals surface area contributed by atoms with Crippen LogP contribution >= 0.6 is 0 Å². The number of urea groups is 1. The molecule has 0 saturated carbocycles. The Morgan fingerprint density at radius 2 is 2.00 bits per heavy atom. The van der Waals surface area contributed by atoms with Gasteiger partial charge < -0.3 is 20.1 Å². The van der Waals surface area contributed by atoms with Gasteiger partial charge in [0, 0.05) is 12.1 Å². The summed E-state index contributed by atoms with van der Waals surface area (Å²) in [4.78, 5) is 11.9. The van der Waals surface area contributed by atoms with Crippen molar-refractivity contribution in [1.29, 1.82) is 0 Å². The number of amides is 2. The van der Waals surface area contributed by atoms with E-state index in [1.807, 2.05) is 12.1 Å². The third kappa shape index (κ3) is 3.53. The van der Waals surface area contributed by atoms with Gasteiger partial charge in [-0.25, -0.2) is 9.18 Å². The van der Waals surface area contributed by atoms with Crippen LogP contribution in [0, 0.1) is 5.82 Å². The lowest BCUT2D eigenvalue weighted by molar-refractivity contribution is 0.174. The normalized spacial score (nSPS) is 13.5. The van der Waals surface area contributed by atoms with Crippen molar-refractivity contribution in [3.05, 3.63) is 59.4 Å². The maximum Gasteiger partial charge on any atom is 0.315 e. The number of carbonyl (C=O) groups is 1. The number of hydrogen-bond donors (Lipinski definition) is 2. The van der Waals surface area contributed by atoms with E-state index in [-0.39, 0.29) is 18.6 Å². The summed E-state index contributed by atoms with van der Waals surface area (Å²) in [6, 6.07) is 11.1. The summed E-state index contributed by atoms with van der Waals surface area (Å²) in [6.07, 6.45) is 0. The molecule has 2 amide bonds. The molecule has 0 aliphatic carbocycles. The summed E-state index contributed by atoms with van der Waals surface area (Å²) >= 11 is 0. The number of rotatable bonds is 4. The molecule has 5 nitrogen and oxygen atoms in total. The Balaban J connectivity index is 1.54. The van der Waals surface area contributed by atoms with Gasteiger partial charge in [0.05, 0.1) is 6.04 Å². The van der Waals surface area contributed by atoms with Gasteiger partial charge in [0.2, 0.25) is 6.79 Å². The summed E-state index contributed by atoms with van der Waals surface area (Å²) in [5, 5.41) is 5.45. The van der Waals surface area contributed by atoms with Gasteiger partial charge in [-0.05, 0) is 30.7 Å². The van der Waals surface area contributed by atoms with Crippen LogP contribution in [0.1, 0.15) is 24.1 Å². The minimum absolute atomic E-state index is 0.215. The maximum atomic E-state index is 13.7. The van der Waals surface area contributed by atoms with Gasteiger partial charge in [-0.2, -0.15) is 0 Å². The molecule has 0 saturated heterocycles. The van der Waals surface area contributed by atoms with Gasteiger partial charge in [-0.15, -0.1) is 0 Å². The first-order chi connectivity index (χ1) is 11.1. The number of carbonyl (C=O) groups excluding carboxylic acids is 1. The Hall–Kier alpha value is -2.76. The van der Waals surface area contributed by atoms with Crippen LogP contribution in [0.2, 0.25) is 0 Å². The topological polar surface area (TPSA) is 59.6 Å². The molecule has 3 rings (SSSR count). The highest BCUT2D eigenvalue weighted by Crippen LogP contribution is 2.32.